The molecular weight excluding hydrogens is 295 g/mol. The molecule has 1 aromatic heterocycles. The average Bonchev–Trinajstić information content (AvgIpc) is 2.39. The van der Waals surface area contributed by atoms with E-state index in [0.29, 0.717) is 5.82 Å². The predicted octanol–water partition coefficient (Wildman–Crippen LogP) is 3.28. The zero-order chi connectivity index (χ0) is 13.7. The highest BCUT2D eigenvalue weighted by molar-refractivity contribution is 6.30. The Balaban J connectivity index is 0.00000200. The van der Waals surface area contributed by atoms with Crippen molar-refractivity contribution in [2.24, 2.45) is 0 Å². The lowest BCUT2D eigenvalue weighted by molar-refractivity contribution is 0.732. The van der Waals surface area contributed by atoms with Crippen LogP contribution in [0.15, 0.2) is 30.5 Å². The second-order valence-corrected chi connectivity index (χ2v) is 4.91. The quantitative estimate of drug-likeness (QED) is 0.830. The number of hydrogen-bond donors (Lipinski definition) is 2. The van der Waals surface area contributed by atoms with Crippen molar-refractivity contribution < 1.29 is 0 Å². The molecule has 108 valence electrons. The number of rotatable bonds is 5. The number of aromatic nitrogens is 2. The summed E-state index contributed by atoms with van der Waals surface area (Å²) in [5.74, 6) is 0.710. The van der Waals surface area contributed by atoms with E-state index in [1.165, 1.54) is 5.56 Å². The van der Waals surface area contributed by atoms with Crippen LogP contribution in [-0.4, -0.2) is 9.97 Å². The van der Waals surface area contributed by atoms with Gasteiger partial charge in [0.25, 0.3) is 0 Å². The van der Waals surface area contributed by atoms with Crippen LogP contribution in [-0.2, 0) is 12.8 Å². The summed E-state index contributed by atoms with van der Waals surface area (Å²) in [4.78, 5) is 7.91. The second-order valence-electron chi connectivity index (χ2n) is 4.47. The van der Waals surface area contributed by atoms with Gasteiger partial charge in [0.15, 0.2) is 0 Å². The summed E-state index contributed by atoms with van der Waals surface area (Å²) in [6.45, 7) is 0. The molecule has 0 aliphatic rings. The fourth-order valence-corrected chi connectivity index (χ4v) is 2.05. The van der Waals surface area contributed by atoms with E-state index in [0.717, 1.165) is 36.3 Å². The van der Waals surface area contributed by atoms with Gasteiger partial charge in [-0.2, -0.15) is 4.98 Å². The zero-order valence-electron chi connectivity index (χ0n) is 11.1. The van der Waals surface area contributed by atoms with E-state index in [4.69, 9.17) is 23.1 Å². The highest BCUT2D eigenvalue weighted by atomic mass is 35.5. The summed E-state index contributed by atoms with van der Waals surface area (Å²) in [7, 11) is 0. The largest absolute Gasteiger partial charge is 0.383 e. The Morgan fingerprint density at radius 2 is 1.65 bits per heavy atom. The van der Waals surface area contributed by atoms with Crippen molar-refractivity contribution in [2.75, 3.05) is 11.5 Å². The van der Waals surface area contributed by atoms with Crippen LogP contribution < -0.4 is 11.5 Å². The first-order chi connectivity index (χ1) is 9.15. The summed E-state index contributed by atoms with van der Waals surface area (Å²) >= 11 is 5.85. The van der Waals surface area contributed by atoms with Crippen molar-refractivity contribution in [3.8, 4) is 0 Å². The van der Waals surface area contributed by atoms with Crippen LogP contribution >= 0.6 is 24.0 Å². The van der Waals surface area contributed by atoms with Gasteiger partial charge in [0.05, 0.1) is 0 Å². The van der Waals surface area contributed by atoms with E-state index < -0.39 is 0 Å². The van der Waals surface area contributed by atoms with Gasteiger partial charge < -0.3 is 11.5 Å². The first-order valence-electron chi connectivity index (χ1n) is 6.26. The van der Waals surface area contributed by atoms with Crippen molar-refractivity contribution in [3.63, 3.8) is 0 Å². The Morgan fingerprint density at radius 1 is 1.00 bits per heavy atom. The number of nitrogens with two attached hydrogens (primary N) is 2. The molecule has 0 spiro atoms. The highest BCUT2D eigenvalue weighted by Crippen LogP contribution is 2.15. The molecule has 1 aromatic carbocycles. The number of aryl methyl sites for hydroxylation is 2. The van der Waals surface area contributed by atoms with Crippen LogP contribution in [0.1, 0.15) is 24.0 Å². The van der Waals surface area contributed by atoms with Crippen LogP contribution in [0.5, 0.6) is 0 Å². The number of unbranched alkanes of at least 4 members (excludes halogenated alkanes) is 1. The minimum absolute atomic E-state index is 0. The third-order valence-electron chi connectivity index (χ3n) is 2.99. The smallest absolute Gasteiger partial charge is 0.221 e. The topological polar surface area (TPSA) is 77.8 Å². The number of nitrogens with zero attached hydrogens (tertiary/aromatic N) is 2. The molecule has 2 rings (SSSR count). The fraction of sp³-hybridized carbons (Fsp3) is 0.286. The molecule has 20 heavy (non-hydrogen) atoms. The minimum atomic E-state index is 0. The monoisotopic (exact) mass is 312 g/mol. The molecule has 0 saturated heterocycles. The van der Waals surface area contributed by atoms with E-state index in [2.05, 4.69) is 22.1 Å². The molecule has 0 aliphatic heterocycles. The lowest BCUT2D eigenvalue weighted by atomic mass is 10.0. The van der Waals surface area contributed by atoms with E-state index in [-0.39, 0.29) is 18.4 Å². The predicted molar refractivity (Wildman–Crippen MR) is 86.2 cm³/mol. The maximum atomic E-state index is 5.85. The molecule has 0 aliphatic carbocycles. The second kappa shape index (κ2) is 7.92. The van der Waals surface area contributed by atoms with Gasteiger partial charge in [-0.1, -0.05) is 23.7 Å². The van der Waals surface area contributed by atoms with Crippen LogP contribution in [0.3, 0.4) is 0 Å². The zero-order valence-corrected chi connectivity index (χ0v) is 12.6. The number of benzene rings is 1. The third kappa shape index (κ3) is 4.87. The molecule has 1 heterocycles. The Hall–Kier alpha value is -1.52. The van der Waals surface area contributed by atoms with E-state index in [1.54, 1.807) is 6.20 Å². The normalized spacial score (nSPS) is 10.1. The molecule has 0 bridgehead atoms. The van der Waals surface area contributed by atoms with E-state index >= 15 is 0 Å². The fourth-order valence-electron chi connectivity index (χ4n) is 1.92. The lowest BCUT2D eigenvalue weighted by Gasteiger charge is -2.05. The van der Waals surface area contributed by atoms with Crippen molar-refractivity contribution in [1.29, 1.82) is 0 Å². The lowest BCUT2D eigenvalue weighted by Crippen LogP contribution is -2.03. The third-order valence-corrected chi connectivity index (χ3v) is 3.24. The summed E-state index contributed by atoms with van der Waals surface area (Å²) in [6, 6.07) is 7.96. The molecule has 2 aromatic rings. The van der Waals surface area contributed by atoms with Gasteiger partial charge in [-0.25, -0.2) is 4.98 Å². The Morgan fingerprint density at radius 3 is 2.30 bits per heavy atom. The molecule has 4 N–H and O–H groups in total. The van der Waals surface area contributed by atoms with Gasteiger partial charge in [-0.15, -0.1) is 12.4 Å². The standard InChI is InChI=1S/C14H17ClN4.ClH/c15-12-7-5-10(6-8-12)3-1-2-4-11-9-18-14(17)19-13(11)16;/h5-9H,1-4H2,(H4,16,17,18,19);1H. The number of hydrogen-bond acceptors (Lipinski definition) is 4. The van der Waals surface area contributed by atoms with Crippen molar-refractivity contribution in [3.05, 3.63) is 46.6 Å². The van der Waals surface area contributed by atoms with Crippen LogP contribution in [0.4, 0.5) is 11.8 Å². The molecular formula is C14H18Cl2N4. The Labute approximate surface area is 130 Å². The van der Waals surface area contributed by atoms with Crippen molar-refractivity contribution >= 4 is 35.8 Å². The summed E-state index contributed by atoms with van der Waals surface area (Å²) in [5.41, 5.74) is 13.5. The summed E-state index contributed by atoms with van der Waals surface area (Å²) in [6.07, 6.45) is 5.75. The van der Waals surface area contributed by atoms with Crippen LogP contribution in [0, 0.1) is 0 Å². The number of nitrogen functional groups attached to an aromatic ring is 2. The van der Waals surface area contributed by atoms with Gasteiger partial charge in [-0.3, -0.25) is 0 Å². The summed E-state index contributed by atoms with van der Waals surface area (Å²) in [5, 5.41) is 0.774. The van der Waals surface area contributed by atoms with Gasteiger partial charge in [0, 0.05) is 16.8 Å². The van der Waals surface area contributed by atoms with E-state index in [9.17, 15) is 0 Å². The molecule has 0 radical (unpaired) electrons. The Kier molecular flexibility index (Phi) is 6.55. The molecule has 6 heteroatoms. The highest BCUT2D eigenvalue weighted by Gasteiger charge is 2.02. The number of halogens is 2. The first-order valence-corrected chi connectivity index (χ1v) is 6.64. The Bertz CT molecular complexity index is 543. The molecule has 0 fully saturated rings. The minimum Gasteiger partial charge on any atom is -0.383 e. The molecule has 0 atom stereocenters. The van der Waals surface area contributed by atoms with Gasteiger partial charge >= 0.3 is 0 Å². The molecule has 0 saturated carbocycles. The maximum Gasteiger partial charge on any atom is 0.221 e. The van der Waals surface area contributed by atoms with Crippen molar-refractivity contribution in [1.82, 2.24) is 9.97 Å². The van der Waals surface area contributed by atoms with Crippen LogP contribution in [0.2, 0.25) is 5.02 Å². The average molecular weight is 313 g/mol. The number of anilines is 2. The molecule has 0 amide bonds. The van der Waals surface area contributed by atoms with Gasteiger partial charge in [0.2, 0.25) is 5.95 Å². The molecule has 4 nitrogen and oxygen atoms in total. The van der Waals surface area contributed by atoms with Crippen molar-refractivity contribution in [2.45, 2.75) is 25.7 Å². The summed E-state index contributed by atoms with van der Waals surface area (Å²) < 4.78 is 0. The van der Waals surface area contributed by atoms with Crippen LogP contribution in [0.25, 0.3) is 0 Å². The van der Waals surface area contributed by atoms with Gasteiger partial charge in [-0.05, 0) is 43.4 Å². The molecule has 0 unspecified atom stereocenters. The maximum absolute atomic E-state index is 5.85. The SMILES string of the molecule is Cl.Nc1ncc(CCCCc2ccc(Cl)cc2)c(N)n1. The van der Waals surface area contributed by atoms with Gasteiger partial charge in [0.1, 0.15) is 5.82 Å². The first kappa shape index (κ1) is 16.5. The van der Waals surface area contributed by atoms with E-state index in [1.807, 2.05) is 12.1 Å².